The molecule has 0 radical (unpaired) electrons. The first-order valence-electron chi connectivity index (χ1n) is 19.1. The lowest BCUT2D eigenvalue weighted by atomic mass is 9.67. The Bertz CT molecular complexity index is 1710. The molecule has 4 fully saturated rings. The number of fused-ring (bicyclic) bond motifs is 9. The van der Waals surface area contributed by atoms with Crippen molar-refractivity contribution in [3.63, 3.8) is 0 Å². The molecule has 4 aliphatic carbocycles. The van der Waals surface area contributed by atoms with E-state index in [-0.39, 0.29) is 28.1 Å². The minimum Gasteiger partial charge on any atom is -0.202 e. The molecule has 278 valence electrons. The molecule has 7 atom stereocenters. The van der Waals surface area contributed by atoms with Gasteiger partial charge in [0, 0.05) is 21.1 Å². The van der Waals surface area contributed by atoms with Gasteiger partial charge in [0.1, 0.15) is 0 Å². The van der Waals surface area contributed by atoms with Crippen LogP contribution in [0.1, 0.15) is 118 Å². The van der Waals surface area contributed by atoms with Gasteiger partial charge in [-0.15, -0.1) is 0 Å². The van der Waals surface area contributed by atoms with Crippen molar-refractivity contribution < 1.29 is 20.8 Å². The van der Waals surface area contributed by atoms with Crippen LogP contribution in [0.5, 0.6) is 0 Å². The number of benzene rings is 3. The number of halogens is 2. The van der Waals surface area contributed by atoms with E-state index >= 15 is 8.78 Å². The van der Waals surface area contributed by atoms with Crippen LogP contribution in [-0.2, 0) is 30.0 Å². The van der Waals surface area contributed by atoms with Gasteiger partial charge in [0.15, 0.2) is 0 Å². The van der Waals surface area contributed by atoms with Crippen LogP contribution in [0.3, 0.4) is 0 Å². The minimum absolute atomic E-state index is 0.155. The molecule has 51 heavy (non-hydrogen) atoms. The van der Waals surface area contributed by atoms with Crippen molar-refractivity contribution in [3.05, 3.63) is 89.5 Å². The van der Waals surface area contributed by atoms with Crippen LogP contribution in [0.2, 0.25) is 0 Å². The Kier molecular flexibility index (Phi) is 9.03. The third-order valence-electron chi connectivity index (χ3n) is 13.1. The largest absolute Gasteiger partial charge is 0.371 e. The summed E-state index contributed by atoms with van der Waals surface area (Å²) < 4.78 is 68.8. The van der Waals surface area contributed by atoms with Gasteiger partial charge in [0.2, 0.25) is 0 Å². The molecule has 0 spiro atoms. The summed E-state index contributed by atoms with van der Waals surface area (Å²) >= 11 is 0. The first kappa shape index (κ1) is 37.1. The number of hydrogen-bond donors (Lipinski definition) is 0. The Morgan fingerprint density at radius 2 is 0.961 bits per heavy atom. The molecular weight excluding hydrogens is 679 g/mol. The maximum Gasteiger partial charge on any atom is 0.371 e. The van der Waals surface area contributed by atoms with Gasteiger partial charge in [-0.3, -0.25) is 0 Å². The molecule has 7 heteroatoms. The fourth-order valence-corrected chi connectivity index (χ4v) is 15.7. The molecule has 0 aromatic heterocycles. The highest BCUT2D eigenvalue weighted by molar-refractivity contribution is 8.33. The molecule has 7 rings (SSSR count). The highest BCUT2D eigenvalue weighted by Crippen LogP contribution is 2.72. The Labute approximate surface area is 308 Å². The van der Waals surface area contributed by atoms with E-state index in [2.05, 4.69) is 62.3 Å². The van der Waals surface area contributed by atoms with Crippen LogP contribution >= 0.6 is 10.3 Å². The highest BCUT2D eigenvalue weighted by Gasteiger charge is 2.64. The summed E-state index contributed by atoms with van der Waals surface area (Å²) in [6.45, 7) is 19.1. The van der Waals surface area contributed by atoms with Gasteiger partial charge in [-0.1, -0.05) is 98.7 Å². The summed E-state index contributed by atoms with van der Waals surface area (Å²) in [5, 5.41) is -4.03. The zero-order valence-corrected chi connectivity index (χ0v) is 33.6. The van der Waals surface area contributed by atoms with Gasteiger partial charge in [-0.2, -0.15) is 17.2 Å². The maximum atomic E-state index is 16.7. The molecule has 3 aromatic carbocycles. The van der Waals surface area contributed by atoms with E-state index in [0.717, 1.165) is 35.4 Å². The van der Waals surface area contributed by atoms with Crippen molar-refractivity contribution in [2.45, 2.75) is 137 Å². The molecule has 4 bridgehead atoms. The molecule has 3 nitrogen and oxygen atoms in total. The molecule has 0 amide bonds. The molecule has 4 saturated carbocycles. The van der Waals surface area contributed by atoms with Crippen LogP contribution in [-0.4, -0.2) is 13.7 Å². The normalized spacial score (nSPS) is 28.3. The predicted molar refractivity (Wildman–Crippen MR) is 205 cm³/mol. The quantitative estimate of drug-likeness (QED) is 0.216. The topological polar surface area (TPSA) is 43.4 Å². The fourth-order valence-electron chi connectivity index (χ4n) is 10.5. The van der Waals surface area contributed by atoms with Gasteiger partial charge in [-0.05, 0) is 153 Å². The third kappa shape index (κ3) is 6.43. The number of rotatable bonds is 8. The van der Waals surface area contributed by atoms with Gasteiger partial charge in [0.05, 0.1) is 0 Å². The average Bonchev–Trinajstić information content (AvgIpc) is 3.84. The zero-order chi connectivity index (χ0) is 36.9. The molecule has 0 N–H and O–H groups in total. The van der Waals surface area contributed by atoms with E-state index in [0.29, 0.717) is 38.4 Å². The molecule has 0 aliphatic heterocycles. The monoisotopic (exact) mass is 736 g/mol. The van der Waals surface area contributed by atoms with Crippen LogP contribution in [0.25, 0.3) is 0 Å². The van der Waals surface area contributed by atoms with Crippen molar-refractivity contribution in [1.29, 1.82) is 0 Å². The molecule has 0 heterocycles. The molecule has 3 aromatic rings. The van der Waals surface area contributed by atoms with E-state index in [9.17, 15) is 8.42 Å². The Balaban J connectivity index is 1.33. The van der Waals surface area contributed by atoms with Gasteiger partial charge < -0.3 is 0 Å². The summed E-state index contributed by atoms with van der Waals surface area (Å²) in [6, 6.07) is 23.3. The Hall–Kier alpha value is -2.22. The lowest BCUT2D eigenvalue weighted by Crippen LogP contribution is -2.38. The van der Waals surface area contributed by atoms with E-state index in [1.807, 2.05) is 72.8 Å². The van der Waals surface area contributed by atoms with E-state index in [1.54, 1.807) is 0 Å². The lowest BCUT2D eigenvalue weighted by Gasteiger charge is -2.42. The Morgan fingerprint density at radius 3 is 1.35 bits per heavy atom. The number of hydrogen-bond acceptors (Lipinski definition) is 3. The molecule has 7 unspecified atom stereocenters. The van der Waals surface area contributed by atoms with Crippen LogP contribution in [0.15, 0.2) is 87.5 Å². The molecule has 4 aliphatic rings. The summed E-state index contributed by atoms with van der Waals surface area (Å²) in [7, 11) is -8.60. The second kappa shape index (κ2) is 12.4. The van der Waals surface area contributed by atoms with Gasteiger partial charge >= 0.3 is 15.4 Å². The lowest BCUT2D eigenvalue weighted by molar-refractivity contribution is 0.0196. The van der Waals surface area contributed by atoms with E-state index in [1.165, 1.54) is 19.3 Å². The molecule has 0 saturated heterocycles. The summed E-state index contributed by atoms with van der Waals surface area (Å²) in [5.41, 5.74) is 2.73. The van der Waals surface area contributed by atoms with Gasteiger partial charge in [-0.25, -0.2) is 3.63 Å². The van der Waals surface area contributed by atoms with Gasteiger partial charge in [0.25, 0.3) is 0 Å². The van der Waals surface area contributed by atoms with Crippen molar-refractivity contribution >= 4 is 20.4 Å². The average molecular weight is 737 g/mol. The summed E-state index contributed by atoms with van der Waals surface area (Å²) in [5.74, 6) is 2.94. The standard InChI is InChI=1S/C44H58F2O3S2/c1-41(2,3)32-12-18-35(19-13-32)50(36-20-14-33(15-21-36)42(4,5)6,37-22-16-34(17-23-37)43(7,8)9)49-51(47,48)44(45,46)27-31-25-30-26-38(31)40-29-11-10-28(24-29)39(30)40/h12-23,28-31,38-40H,10-11,24-27H2,1-9H3. The molecular formula is C44H58F2O3S2. The Morgan fingerprint density at radius 1 is 0.569 bits per heavy atom. The summed E-state index contributed by atoms with van der Waals surface area (Å²) in [4.78, 5) is 1.73. The van der Waals surface area contributed by atoms with Crippen LogP contribution < -0.4 is 0 Å². The SMILES string of the molecule is CC(C)(C)c1ccc(S(OS(=O)(=O)C(F)(F)CC2CC3CC2C2C4CCC(C4)C32)(c2ccc(C(C)(C)C)cc2)c2ccc(C(C)(C)C)cc2)cc1. The van der Waals surface area contributed by atoms with Crippen molar-refractivity contribution in [2.75, 3.05) is 0 Å². The highest BCUT2D eigenvalue weighted by atomic mass is 32.3. The minimum atomic E-state index is -5.41. The first-order valence-corrected chi connectivity index (χ1v) is 22.1. The fraction of sp³-hybridized carbons (Fsp3) is 0.591. The van der Waals surface area contributed by atoms with E-state index in [4.69, 9.17) is 3.63 Å². The number of alkyl halides is 2. The first-order chi connectivity index (χ1) is 23.6. The predicted octanol–water partition coefficient (Wildman–Crippen LogP) is 12.4. The van der Waals surface area contributed by atoms with Crippen LogP contribution in [0, 0.1) is 41.4 Å². The third-order valence-corrected chi connectivity index (χ3v) is 18.3. The smallest absolute Gasteiger partial charge is 0.202 e. The van der Waals surface area contributed by atoms with Crippen molar-refractivity contribution in [1.82, 2.24) is 0 Å². The maximum absolute atomic E-state index is 16.7. The summed E-state index contributed by atoms with van der Waals surface area (Å²) in [6.07, 6.45) is 4.78. The van der Waals surface area contributed by atoms with E-state index < -0.39 is 32.1 Å². The van der Waals surface area contributed by atoms with Crippen molar-refractivity contribution in [3.8, 4) is 0 Å². The van der Waals surface area contributed by atoms with Crippen molar-refractivity contribution in [2.24, 2.45) is 41.4 Å². The van der Waals surface area contributed by atoms with Crippen LogP contribution in [0.4, 0.5) is 8.78 Å². The second-order valence-electron chi connectivity index (χ2n) is 19.4. The second-order valence-corrected chi connectivity index (χ2v) is 24.0. The zero-order valence-electron chi connectivity index (χ0n) is 32.0.